The predicted molar refractivity (Wildman–Crippen MR) is 119 cm³/mol. The molecule has 1 aliphatic rings. The van der Waals surface area contributed by atoms with Gasteiger partial charge in [-0.2, -0.15) is 0 Å². The lowest BCUT2D eigenvalue weighted by molar-refractivity contribution is 0.153. The van der Waals surface area contributed by atoms with Crippen molar-refractivity contribution >= 4 is 10.9 Å². The van der Waals surface area contributed by atoms with Crippen molar-refractivity contribution in [2.75, 3.05) is 39.8 Å². The summed E-state index contributed by atoms with van der Waals surface area (Å²) in [6.07, 6.45) is 2.41. The van der Waals surface area contributed by atoms with Crippen LogP contribution in [0.5, 0.6) is 0 Å². The third-order valence-electron chi connectivity index (χ3n) is 6.29. The number of hydrogen-bond donors (Lipinski definition) is 0. The molecule has 1 aliphatic heterocycles. The SMILES string of the molecule is Cc1ccc2c(CCCN3CCN(C)CC3)c(C)n(Cc3ccccc3)c2c1. The van der Waals surface area contributed by atoms with Gasteiger partial charge in [0.15, 0.2) is 0 Å². The van der Waals surface area contributed by atoms with Crippen LogP contribution >= 0.6 is 0 Å². The molecule has 3 aromatic rings. The molecule has 1 saturated heterocycles. The maximum atomic E-state index is 2.63. The van der Waals surface area contributed by atoms with E-state index in [1.54, 1.807) is 5.56 Å². The third-order valence-corrected chi connectivity index (χ3v) is 6.29. The summed E-state index contributed by atoms with van der Waals surface area (Å²) in [5.41, 5.74) is 7.06. The van der Waals surface area contributed by atoms with Crippen molar-refractivity contribution in [2.45, 2.75) is 33.2 Å². The highest BCUT2D eigenvalue weighted by molar-refractivity contribution is 5.86. The number of rotatable bonds is 6. The Morgan fingerprint density at radius 2 is 1.64 bits per heavy atom. The topological polar surface area (TPSA) is 11.4 Å². The minimum atomic E-state index is 0.949. The molecule has 148 valence electrons. The Morgan fingerprint density at radius 1 is 0.893 bits per heavy atom. The smallest absolute Gasteiger partial charge is 0.0491 e. The number of benzene rings is 2. The number of aromatic nitrogens is 1. The van der Waals surface area contributed by atoms with Gasteiger partial charge >= 0.3 is 0 Å². The van der Waals surface area contributed by atoms with Crippen molar-refractivity contribution in [1.29, 1.82) is 0 Å². The van der Waals surface area contributed by atoms with Gasteiger partial charge in [0.25, 0.3) is 0 Å². The molecule has 2 aromatic carbocycles. The van der Waals surface area contributed by atoms with Crippen LogP contribution in [0.4, 0.5) is 0 Å². The van der Waals surface area contributed by atoms with E-state index in [0.717, 1.165) is 6.54 Å². The Morgan fingerprint density at radius 3 is 2.39 bits per heavy atom. The highest BCUT2D eigenvalue weighted by Crippen LogP contribution is 2.29. The minimum Gasteiger partial charge on any atom is -0.340 e. The largest absolute Gasteiger partial charge is 0.340 e. The lowest BCUT2D eigenvalue weighted by atomic mass is 10.0. The fourth-order valence-electron chi connectivity index (χ4n) is 4.49. The first-order valence-corrected chi connectivity index (χ1v) is 10.6. The summed E-state index contributed by atoms with van der Waals surface area (Å²) < 4.78 is 2.52. The summed E-state index contributed by atoms with van der Waals surface area (Å²) in [7, 11) is 2.23. The minimum absolute atomic E-state index is 0.949. The van der Waals surface area contributed by atoms with Crippen LogP contribution in [0.25, 0.3) is 10.9 Å². The van der Waals surface area contributed by atoms with Crippen molar-refractivity contribution in [1.82, 2.24) is 14.4 Å². The highest BCUT2D eigenvalue weighted by Gasteiger charge is 2.16. The van der Waals surface area contributed by atoms with Crippen LogP contribution in [-0.4, -0.2) is 54.1 Å². The second-order valence-corrected chi connectivity index (χ2v) is 8.40. The molecule has 0 atom stereocenters. The van der Waals surface area contributed by atoms with E-state index < -0.39 is 0 Å². The Balaban J connectivity index is 1.55. The van der Waals surface area contributed by atoms with Gasteiger partial charge in [-0.25, -0.2) is 0 Å². The van der Waals surface area contributed by atoms with Gasteiger partial charge in [0.2, 0.25) is 0 Å². The summed E-state index contributed by atoms with van der Waals surface area (Å²) in [5.74, 6) is 0. The second-order valence-electron chi connectivity index (χ2n) is 8.40. The molecular weight excluding hydrogens is 342 g/mol. The summed E-state index contributed by atoms with van der Waals surface area (Å²) in [5, 5.41) is 1.44. The number of likely N-dealkylation sites (N-methyl/N-ethyl adjacent to an activating group) is 1. The maximum absolute atomic E-state index is 2.63. The molecule has 3 heteroatoms. The van der Waals surface area contributed by atoms with E-state index in [4.69, 9.17) is 0 Å². The van der Waals surface area contributed by atoms with Gasteiger partial charge in [0.05, 0.1) is 0 Å². The van der Waals surface area contributed by atoms with Crippen molar-refractivity contribution in [2.24, 2.45) is 0 Å². The van der Waals surface area contributed by atoms with E-state index in [0.29, 0.717) is 0 Å². The Bertz CT molecular complexity index is 918. The molecule has 1 fully saturated rings. The van der Waals surface area contributed by atoms with Crippen LogP contribution in [0, 0.1) is 13.8 Å². The highest BCUT2D eigenvalue weighted by atomic mass is 15.2. The van der Waals surface area contributed by atoms with E-state index in [-0.39, 0.29) is 0 Å². The molecule has 0 bridgehead atoms. The lowest BCUT2D eigenvalue weighted by Gasteiger charge is -2.32. The van der Waals surface area contributed by atoms with E-state index in [9.17, 15) is 0 Å². The molecule has 4 rings (SSSR count). The van der Waals surface area contributed by atoms with Gasteiger partial charge in [0, 0.05) is 49.3 Å². The molecule has 0 N–H and O–H groups in total. The molecule has 28 heavy (non-hydrogen) atoms. The molecule has 0 aliphatic carbocycles. The van der Waals surface area contributed by atoms with Gasteiger partial charge in [0.1, 0.15) is 0 Å². The molecule has 1 aromatic heterocycles. The summed E-state index contributed by atoms with van der Waals surface area (Å²) in [4.78, 5) is 5.06. The lowest BCUT2D eigenvalue weighted by Crippen LogP contribution is -2.44. The van der Waals surface area contributed by atoms with Crippen LogP contribution in [0.2, 0.25) is 0 Å². The summed E-state index contributed by atoms with van der Waals surface area (Å²) in [6, 6.07) is 17.8. The van der Waals surface area contributed by atoms with Crippen molar-refractivity contribution in [3.8, 4) is 0 Å². The molecule has 3 nitrogen and oxygen atoms in total. The standard InChI is InChI=1S/C25H33N3/c1-20-11-12-24-23(10-7-13-27-16-14-26(3)15-17-27)21(2)28(25(24)18-20)19-22-8-5-4-6-9-22/h4-6,8-9,11-12,18H,7,10,13-17,19H2,1-3H3. The van der Waals surface area contributed by atoms with Crippen molar-refractivity contribution in [3.05, 3.63) is 70.9 Å². The number of piperazine rings is 1. The summed E-state index contributed by atoms with van der Waals surface area (Å²) in [6.45, 7) is 11.5. The first-order valence-electron chi connectivity index (χ1n) is 10.6. The quantitative estimate of drug-likeness (QED) is 0.629. The van der Waals surface area contributed by atoms with Crippen LogP contribution in [-0.2, 0) is 13.0 Å². The van der Waals surface area contributed by atoms with Gasteiger partial charge < -0.3 is 14.4 Å². The van der Waals surface area contributed by atoms with Gasteiger partial charge in [-0.1, -0.05) is 42.5 Å². The molecule has 0 saturated carbocycles. The number of aryl methyl sites for hydroxylation is 2. The Hall–Kier alpha value is -2.10. The van der Waals surface area contributed by atoms with E-state index in [1.165, 1.54) is 73.3 Å². The van der Waals surface area contributed by atoms with Crippen LogP contribution in [0.1, 0.15) is 28.8 Å². The summed E-state index contributed by atoms with van der Waals surface area (Å²) >= 11 is 0. The first-order chi connectivity index (χ1) is 13.6. The zero-order valence-electron chi connectivity index (χ0n) is 17.6. The predicted octanol–water partition coefficient (Wildman–Crippen LogP) is 4.49. The van der Waals surface area contributed by atoms with E-state index in [1.807, 2.05) is 0 Å². The van der Waals surface area contributed by atoms with E-state index in [2.05, 4.69) is 83.8 Å². The second kappa shape index (κ2) is 8.50. The van der Waals surface area contributed by atoms with Crippen LogP contribution in [0.15, 0.2) is 48.5 Å². The van der Waals surface area contributed by atoms with Gasteiger partial charge in [-0.3, -0.25) is 0 Å². The number of hydrogen-bond acceptors (Lipinski definition) is 2. The Labute approximate surface area is 169 Å². The van der Waals surface area contributed by atoms with Crippen molar-refractivity contribution < 1.29 is 0 Å². The molecule has 0 unspecified atom stereocenters. The van der Waals surface area contributed by atoms with Gasteiger partial charge in [-0.15, -0.1) is 0 Å². The molecule has 0 radical (unpaired) electrons. The fraction of sp³-hybridized carbons (Fsp3) is 0.440. The number of fused-ring (bicyclic) bond motifs is 1. The van der Waals surface area contributed by atoms with Crippen LogP contribution in [0.3, 0.4) is 0 Å². The fourth-order valence-corrected chi connectivity index (χ4v) is 4.49. The normalized spacial score (nSPS) is 16.1. The zero-order valence-corrected chi connectivity index (χ0v) is 17.6. The molecule has 0 amide bonds. The Kier molecular flexibility index (Phi) is 5.84. The maximum Gasteiger partial charge on any atom is 0.0491 e. The molecule has 0 spiro atoms. The average molecular weight is 376 g/mol. The van der Waals surface area contributed by atoms with E-state index >= 15 is 0 Å². The first kappa shape index (κ1) is 19.2. The van der Waals surface area contributed by atoms with Gasteiger partial charge in [-0.05, 0) is 63.0 Å². The monoisotopic (exact) mass is 375 g/mol. The number of nitrogens with zero attached hydrogens (tertiary/aromatic N) is 3. The third kappa shape index (κ3) is 4.16. The van der Waals surface area contributed by atoms with Crippen LogP contribution < -0.4 is 0 Å². The van der Waals surface area contributed by atoms with Crippen molar-refractivity contribution in [3.63, 3.8) is 0 Å². The molecular formula is C25H33N3. The zero-order chi connectivity index (χ0) is 19.5. The molecule has 2 heterocycles. The average Bonchev–Trinajstić information content (AvgIpc) is 2.95.